The second-order valence-corrected chi connectivity index (χ2v) is 8.13. The third kappa shape index (κ3) is 3.98. The van der Waals surface area contributed by atoms with Gasteiger partial charge in [0.05, 0.1) is 5.60 Å². The van der Waals surface area contributed by atoms with Crippen LogP contribution in [0.3, 0.4) is 0 Å². The highest BCUT2D eigenvalue weighted by molar-refractivity contribution is 5.92. The Bertz CT molecular complexity index is 530. The molecule has 0 saturated heterocycles. The first-order valence-electron chi connectivity index (χ1n) is 8.40. The number of carbonyl (C=O) groups is 1. The van der Waals surface area contributed by atoms with Crippen LogP contribution >= 0.6 is 0 Å². The Morgan fingerprint density at radius 1 is 1.45 bits per heavy atom. The van der Waals surface area contributed by atoms with Gasteiger partial charge in [-0.3, -0.25) is 4.79 Å². The van der Waals surface area contributed by atoms with E-state index in [0.29, 0.717) is 24.0 Å². The lowest BCUT2D eigenvalue weighted by molar-refractivity contribution is -0.119. The predicted octanol–water partition coefficient (Wildman–Crippen LogP) is 4.60. The molecule has 0 amide bonds. The molecule has 1 saturated carbocycles. The molecule has 0 aliphatic heterocycles. The average Bonchev–Trinajstić information content (AvgIpc) is 2.35. The van der Waals surface area contributed by atoms with Crippen molar-refractivity contribution in [2.24, 2.45) is 17.3 Å². The monoisotopic (exact) mass is 302 g/mol. The molecule has 122 valence electrons. The van der Waals surface area contributed by atoms with E-state index in [1.165, 1.54) is 11.1 Å². The minimum Gasteiger partial charge on any atom is -0.386 e. The summed E-state index contributed by atoms with van der Waals surface area (Å²) < 4.78 is 0. The first-order valence-corrected chi connectivity index (χ1v) is 8.40. The fourth-order valence-electron chi connectivity index (χ4n) is 4.10. The van der Waals surface area contributed by atoms with Crippen molar-refractivity contribution in [3.8, 4) is 0 Å². The van der Waals surface area contributed by atoms with E-state index >= 15 is 0 Å². The lowest BCUT2D eigenvalue weighted by Gasteiger charge is -2.47. The Kier molecular flexibility index (Phi) is 4.81. The van der Waals surface area contributed by atoms with Crippen molar-refractivity contribution in [1.29, 1.82) is 0 Å². The van der Waals surface area contributed by atoms with Crippen molar-refractivity contribution >= 4 is 5.78 Å². The largest absolute Gasteiger partial charge is 0.386 e. The molecule has 1 N–H and O–H groups in total. The minimum absolute atomic E-state index is 0.162. The molecule has 2 aliphatic rings. The Balaban J connectivity index is 2.11. The smallest absolute Gasteiger partial charge is 0.156 e. The van der Waals surface area contributed by atoms with Gasteiger partial charge in [0.25, 0.3) is 0 Å². The Morgan fingerprint density at radius 3 is 2.77 bits per heavy atom. The highest BCUT2D eigenvalue weighted by atomic mass is 16.3. The summed E-state index contributed by atoms with van der Waals surface area (Å²) >= 11 is 0. The normalized spacial score (nSPS) is 33.8. The third-order valence-electron chi connectivity index (χ3n) is 5.45. The van der Waals surface area contributed by atoms with Gasteiger partial charge in [0.2, 0.25) is 0 Å². The van der Waals surface area contributed by atoms with Crippen LogP contribution < -0.4 is 0 Å². The fourth-order valence-corrected chi connectivity index (χ4v) is 4.10. The molecule has 2 nitrogen and oxygen atoms in total. The first kappa shape index (κ1) is 17.2. The molecular weight excluding hydrogens is 272 g/mol. The van der Waals surface area contributed by atoms with Gasteiger partial charge in [0.15, 0.2) is 5.78 Å². The molecule has 2 aliphatic carbocycles. The van der Waals surface area contributed by atoms with Gasteiger partial charge >= 0.3 is 0 Å². The van der Waals surface area contributed by atoms with Crippen LogP contribution in [0.2, 0.25) is 0 Å². The average molecular weight is 302 g/mol. The summed E-state index contributed by atoms with van der Waals surface area (Å²) in [4.78, 5) is 11.9. The molecule has 0 aromatic carbocycles. The summed E-state index contributed by atoms with van der Waals surface area (Å²) in [5.41, 5.74) is 2.05. The van der Waals surface area contributed by atoms with Gasteiger partial charge in [0, 0.05) is 6.42 Å². The van der Waals surface area contributed by atoms with E-state index in [9.17, 15) is 9.90 Å². The van der Waals surface area contributed by atoms with E-state index in [4.69, 9.17) is 0 Å². The van der Waals surface area contributed by atoms with Gasteiger partial charge in [-0.15, -0.1) is 0 Å². The van der Waals surface area contributed by atoms with E-state index in [1.54, 1.807) is 13.8 Å². The van der Waals surface area contributed by atoms with E-state index in [0.717, 1.165) is 19.3 Å². The number of allylic oxidation sites excluding steroid dienone is 5. The molecule has 2 rings (SSSR count). The number of rotatable bonds is 3. The fraction of sp³-hybridized carbons (Fsp3) is 0.650. The maximum Gasteiger partial charge on any atom is 0.156 e. The Morgan fingerprint density at radius 2 is 2.14 bits per heavy atom. The molecule has 2 heteroatoms. The molecule has 3 atom stereocenters. The zero-order chi connectivity index (χ0) is 16.5. The van der Waals surface area contributed by atoms with Crippen LogP contribution in [0.15, 0.2) is 35.5 Å². The maximum atomic E-state index is 11.9. The van der Waals surface area contributed by atoms with Gasteiger partial charge < -0.3 is 5.11 Å². The predicted molar refractivity (Wildman–Crippen MR) is 91.5 cm³/mol. The lowest BCUT2D eigenvalue weighted by atomic mass is 9.57. The van der Waals surface area contributed by atoms with Crippen LogP contribution in [0, 0.1) is 17.3 Å². The first-order chi connectivity index (χ1) is 10.1. The Labute approximate surface area is 135 Å². The van der Waals surface area contributed by atoms with Crippen LogP contribution in [0.5, 0.6) is 0 Å². The second kappa shape index (κ2) is 6.16. The van der Waals surface area contributed by atoms with Gasteiger partial charge in [-0.1, -0.05) is 36.3 Å². The SMILES string of the molecule is CC1=CC(=O)C[C@]2(C)CCC(/C(C)=C/C=C/C(C)(C)O)C[C@@H]12. The molecule has 1 fully saturated rings. The Hall–Kier alpha value is -1.15. The number of hydrogen-bond acceptors (Lipinski definition) is 2. The van der Waals surface area contributed by atoms with Crippen LogP contribution in [0.25, 0.3) is 0 Å². The van der Waals surface area contributed by atoms with Gasteiger partial charge in [0.1, 0.15) is 0 Å². The van der Waals surface area contributed by atoms with Crippen LogP contribution in [0.1, 0.15) is 60.3 Å². The summed E-state index contributed by atoms with van der Waals surface area (Å²) in [7, 11) is 0. The maximum absolute atomic E-state index is 11.9. The summed E-state index contributed by atoms with van der Waals surface area (Å²) in [5, 5.41) is 9.73. The molecule has 0 radical (unpaired) electrons. The van der Waals surface area contributed by atoms with Gasteiger partial charge in [-0.2, -0.15) is 0 Å². The van der Waals surface area contributed by atoms with Crippen molar-refractivity contribution in [3.63, 3.8) is 0 Å². The third-order valence-corrected chi connectivity index (χ3v) is 5.45. The standard InChI is InChI=1S/C20H30O2/c1-14(7-6-9-19(3,4)22)16-8-10-20(5)13-17(21)11-15(2)18(20)12-16/h6-7,9,11,16,18,22H,8,10,12-13H2,1-5H3/b9-6+,14-7+/t16?,18-,20-/m0/s1. The quantitative estimate of drug-likeness (QED) is 0.773. The van der Waals surface area contributed by atoms with E-state index in [2.05, 4.69) is 26.8 Å². The van der Waals surface area contributed by atoms with Crippen molar-refractivity contribution in [2.45, 2.75) is 65.9 Å². The van der Waals surface area contributed by atoms with Crippen molar-refractivity contribution < 1.29 is 9.90 Å². The zero-order valence-corrected chi connectivity index (χ0v) is 14.6. The minimum atomic E-state index is -0.759. The van der Waals surface area contributed by atoms with Crippen LogP contribution in [-0.4, -0.2) is 16.5 Å². The molecule has 22 heavy (non-hydrogen) atoms. The molecule has 0 aromatic heterocycles. The van der Waals surface area contributed by atoms with Crippen LogP contribution in [0.4, 0.5) is 0 Å². The van der Waals surface area contributed by atoms with E-state index in [1.807, 2.05) is 18.2 Å². The lowest BCUT2D eigenvalue weighted by Crippen LogP contribution is -2.39. The number of ketones is 1. The summed E-state index contributed by atoms with van der Waals surface area (Å²) in [6.45, 7) is 10.2. The molecule has 0 heterocycles. The summed E-state index contributed by atoms with van der Waals surface area (Å²) in [6, 6.07) is 0. The summed E-state index contributed by atoms with van der Waals surface area (Å²) in [6.07, 6.45) is 11.9. The van der Waals surface area contributed by atoms with Crippen molar-refractivity contribution in [1.82, 2.24) is 0 Å². The molecular formula is C20H30O2. The second-order valence-electron chi connectivity index (χ2n) is 8.13. The van der Waals surface area contributed by atoms with E-state index in [-0.39, 0.29) is 5.41 Å². The van der Waals surface area contributed by atoms with Crippen LogP contribution in [-0.2, 0) is 4.79 Å². The highest BCUT2D eigenvalue weighted by Crippen LogP contribution is 2.52. The molecule has 0 aromatic rings. The molecule has 1 unspecified atom stereocenters. The van der Waals surface area contributed by atoms with Gasteiger partial charge in [-0.25, -0.2) is 0 Å². The number of aliphatic hydroxyl groups is 1. The zero-order valence-electron chi connectivity index (χ0n) is 14.6. The topological polar surface area (TPSA) is 37.3 Å². The number of hydrogen-bond donors (Lipinski definition) is 1. The number of carbonyl (C=O) groups excluding carboxylic acids is 1. The molecule has 0 spiro atoms. The number of fused-ring (bicyclic) bond motifs is 1. The van der Waals surface area contributed by atoms with E-state index < -0.39 is 5.60 Å². The summed E-state index contributed by atoms with van der Waals surface area (Å²) in [5.74, 6) is 1.42. The van der Waals surface area contributed by atoms with Crippen molar-refractivity contribution in [2.75, 3.05) is 0 Å². The highest BCUT2D eigenvalue weighted by Gasteiger charge is 2.44. The molecule has 0 bridgehead atoms. The van der Waals surface area contributed by atoms with Gasteiger partial charge in [-0.05, 0) is 70.3 Å². The van der Waals surface area contributed by atoms with Crippen molar-refractivity contribution in [3.05, 3.63) is 35.5 Å².